The van der Waals surface area contributed by atoms with Crippen molar-refractivity contribution in [3.63, 3.8) is 0 Å². The molecule has 2 aromatic rings. The first-order valence-corrected chi connectivity index (χ1v) is 14.1. The second kappa shape index (κ2) is 13.6. The van der Waals surface area contributed by atoms with E-state index >= 15 is 0 Å². The number of phenolic OH excluding ortho intramolecular Hbond substituents is 2. The molecule has 4 rings (SSSR count). The molecule has 2 aromatic carbocycles. The maximum absolute atomic E-state index is 11.0. The van der Waals surface area contributed by atoms with E-state index in [2.05, 4.69) is 75.2 Å². The molecule has 212 valence electrons. The molecule has 0 heterocycles. The summed E-state index contributed by atoms with van der Waals surface area (Å²) in [5.41, 5.74) is 4.03. The summed E-state index contributed by atoms with van der Waals surface area (Å²) in [4.78, 5) is 9.06. The van der Waals surface area contributed by atoms with E-state index in [-0.39, 0.29) is 22.3 Å². The van der Waals surface area contributed by atoms with Crippen LogP contribution in [0.3, 0.4) is 0 Å². The summed E-state index contributed by atoms with van der Waals surface area (Å²) >= 11 is 0. The third kappa shape index (κ3) is 8.51. The number of aromatic hydroxyl groups is 2. The maximum Gasteiger partial charge on any atom is 0.128 e. The van der Waals surface area contributed by atoms with Gasteiger partial charge in [-0.15, -0.1) is 0 Å². The molecule has 0 bridgehead atoms. The Balaban J connectivity index is 1.49. The lowest BCUT2D eigenvalue weighted by Crippen LogP contribution is -2.12. The topological polar surface area (TPSA) is 65.2 Å². The van der Waals surface area contributed by atoms with Crippen LogP contribution in [0.4, 0.5) is 0 Å². The molecular formula is C38H38N2O2. The van der Waals surface area contributed by atoms with Crippen molar-refractivity contribution in [2.75, 3.05) is 13.1 Å². The van der Waals surface area contributed by atoms with Gasteiger partial charge in [0, 0.05) is 45.8 Å². The van der Waals surface area contributed by atoms with E-state index in [1.807, 2.05) is 75.6 Å². The van der Waals surface area contributed by atoms with Gasteiger partial charge in [0.05, 0.1) is 24.9 Å². The van der Waals surface area contributed by atoms with Crippen LogP contribution in [0, 0.1) is 86.9 Å². The molecule has 2 fully saturated rings. The number of hydrogen-bond acceptors (Lipinski definition) is 4. The third-order valence-electron chi connectivity index (χ3n) is 6.74. The fraction of sp³-hybridized carbons (Fsp3) is 0.263. The van der Waals surface area contributed by atoms with Gasteiger partial charge >= 0.3 is 0 Å². The lowest BCUT2D eigenvalue weighted by Gasteiger charge is -2.22. The number of rotatable bonds is 5. The molecule has 0 atom stereocenters. The predicted octanol–water partition coefficient (Wildman–Crippen LogP) is 6.74. The van der Waals surface area contributed by atoms with Crippen molar-refractivity contribution in [2.24, 2.45) is 9.98 Å². The van der Waals surface area contributed by atoms with E-state index in [1.54, 1.807) is 12.4 Å². The Labute approximate surface area is 253 Å². The quantitative estimate of drug-likeness (QED) is 0.244. The van der Waals surface area contributed by atoms with Crippen molar-refractivity contribution >= 4 is 12.4 Å². The van der Waals surface area contributed by atoms with E-state index < -0.39 is 0 Å². The van der Waals surface area contributed by atoms with Crippen LogP contribution in [-0.2, 0) is 10.8 Å². The van der Waals surface area contributed by atoms with Crippen molar-refractivity contribution in [2.45, 2.75) is 52.4 Å². The van der Waals surface area contributed by atoms with Crippen LogP contribution in [0.5, 0.6) is 11.5 Å². The van der Waals surface area contributed by atoms with Gasteiger partial charge in [0.1, 0.15) is 11.5 Å². The Morgan fingerprint density at radius 1 is 0.571 bits per heavy atom. The van der Waals surface area contributed by atoms with Gasteiger partial charge in [-0.2, -0.15) is 0 Å². The lowest BCUT2D eigenvalue weighted by molar-refractivity contribution is 0.445. The highest BCUT2D eigenvalue weighted by Crippen LogP contribution is 2.35. The van der Waals surface area contributed by atoms with E-state index in [9.17, 15) is 10.2 Å². The third-order valence-corrected chi connectivity index (χ3v) is 6.74. The number of hydrogen-bond donors (Lipinski definition) is 2. The van der Waals surface area contributed by atoms with Crippen LogP contribution in [0.15, 0.2) is 34.3 Å². The molecule has 0 aromatic heterocycles. The van der Waals surface area contributed by atoms with Gasteiger partial charge in [0.2, 0.25) is 0 Å². The fourth-order valence-corrected chi connectivity index (χ4v) is 4.44. The molecule has 4 heteroatoms. The molecule has 0 aliphatic heterocycles. The van der Waals surface area contributed by atoms with Crippen molar-refractivity contribution < 1.29 is 10.2 Å². The second-order valence-electron chi connectivity index (χ2n) is 12.3. The van der Waals surface area contributed by atoms with Crippen LogP contribution in [0.25, 0.3) is 0 Å². The first-order chi connectivity index (χ1) is 19.9. The van der Waals surface area contributed by atoms with Gasteiger partial charge < -0.3 is 10.2 Å². The lowest BCUT2D eigenvalue weighted by atomic mass is 9.84. The summed E-state index contributed by atoms with van der Waals surface area (Å²) in [5.74, 6) is 15.1. The molecule has 0 amide bonds. The van der Waals surface area contributed by atoms with Crippen LogP contribution in [-0.4, -0.2) is 35.7 Å². The summed E-state index contributed by atoms with van der Waals surface area (Å²) < 4.78 is 0. The molecule has 2 aliphatic carbocycles. The molecule has 0 spiro atoms. The zero-order valence-electron chi connectivity index (χ0n) is 25.3. The minimum atomic E-state index is -0.259. The number of benzene rings is 2. The summed E-state index contributed by atoms with van der Waals surface area (Å²) in [6.45, 7) is 13.2. The monoisotopic (exact) mass is 554 g/mol. The Morgan fingerprint density at radius 3 is 1.26 bits per heavy atom. The molecular weight excluding hydrogens is 516 g/mol. The minimum Gasteiger partial charge on any atom is -0.507 e. The molecule has 2 N–H and O–H groups in total. The summed E-state index contributed by atoms with van der Waals surface area (Å²) in [6.07, 6.45) is 19.1. The summed E-state index contributed by atoms with van der Waals surface area (Å²) in [6, 6.07) is 7.62. The van der Waals surface area contributed by atoms with Crippen molar-refractivity contribution in [1.29, 1.82) is 0 Å². The van der Waals surface area contributed by atoms with Crippen LogP contribution in [0.1, 0.15) is 74.9 Å². The Hall–Kier alpha value is -3.50. The standard InChI is InChI=1S/C38H38N2O2/c1-37(2,3)33-23-29(17-15-27-11-7-8-12-27)21-31(35(33)41)25-39-19-20-40-26-32-22-30(18-16-28-13-9-10-14-28)24-34(36(32)42)38(4,5)6/h7-14,21-26,41-42H,19-20H2,1-6H3. The van der Waals surface area contributed by atoms with Crippen molar-refractivity contribution in [3.8, 4) is 35.2 Å². The predicted molar refractivity (Wildman–Crippen MR) is 173 cm³/mol. The SMILES string of the molecule is CC(C)(C)c1cc(C#C[C]2[CH][CH][CH][CH]2)cc(C=NCCN=Cc2cc(C#C[C]3[CH][CH][CH][CH]3)cc(C(C)(C)C)c2O)c1O. The first kappa shape index (κ1) is 31.4. The van der Waals surface area contributed by atoms with Gasteiger partial charge in [0.15, 0.2) is 0 Å². The van der Waals surface area contributed by atoms with E-state index in [0.717, 1.165) is 34.1 Å². The molecule has 42 heavy (non-hydrogen) atoms. The molecule has 2 saturated carbocycles. The zero-order valence-corrected chi connectivity index (χ0v) is 25.3. The van der Waals surface area contributed by atoms with Crippen LogP contribution >= 0.6 is 0 Å². The van der Waals surface area contributed by atoms with Gasteiger partial charge in [-0.3, -0.25) is 9.98 Å². The summed E-state index contributed by atoms with van der Waals surface area (Å²) in [5, 5.41) is 22.0. The van der Waals surface area contributed by atoms with Gasteiger partial charge in [-0.25, -0.2) is 0 Å². The average Bonchev–Trinajstić information content (AvgIpc) is 3.64. The highest BCUT2D eigenvalue weighted by Gasteiger charge is 2.22. The largest absolute Gasteiger partial charge is 0.507 e. The van der Waals surface area contributed by atoms with Crippen molar-refractivity contribution in [3.05, 3.63) is 121 Å². The zero-order chi connectivity index (χ0) is 30.3. The van der Waals surface area contributed by atoms with Crippen LogP contribution < -0.4 is 0 Å². The van der Waals surface area contributed by atoms with Gasteiger partial charge in [0.25, 0.3) is 0 Å². The van der Waals surface area contributed by atoms with E-state index in [4.69, 9.17) is 0 Å². The fourth-order valence-electron chi connectivity index (χ4n) is 4.44. The Kier molecular flexibility index (Phi) is 10.2. The van der Waals surface area contributed by atoms with Gasteiger partial charge in [-0.05, 0) is 86.5 Å². The molecule has 10 radical (unpaired) electrons. The first-order valence-electron chi connectivity index (χ1n) is 14.1. The maximum atomic E-state index is 11.0. The van der Waals surface area contributed by atoms with E-state index in [1.165, 1.54) is 0 Å². The highest BCUT2D eigenvalue weighted by atomic mass is 16.3. The Bertz CT molecular complexity index is 1320. The van der Waals surface area contributed by atoms with Gasteiger partial charge in [-0.1, -0.05) is 65.2 Å². The average molecular weight is 555 g/mol. The smallest absolute Gasteiger partial charge is 0.128 e. The number of phenols is 2. The Morgan fingerprint density at radius 2 is 0.929 bits per heavy atom. The highest BCUT2D eigenvalue weighted by molar-refractivity contribution is 5.86. The number of nitrogens with zero attached hydrogens (tertiary/aromatic N) is 2. The molecule has 0 unspecified atom stereocenters. The molecule has 4 nitrogen and oxygen atoms in total. The molecule has 2 aliphatic rings. The molecule has 0 saturated heterocycles. The second-order valence-corrected chi connectivity index (χ2v) is 12.3. The normalized spacial score (nSPS) is 16.6. The minimum absolute atomic E-state index is 0.216. The number of aliphatic imine (C=N–C) groups is 2. The summed E-state index contributed by atoms with van der Waals surface area (Å²) in [7, 11) is 0. The van der Waals surface area contributed by atoms with E-state index in [0.29, 0.717) is 24.2 Å². The van der Waals surface area contributed by atoms with Crippen molar-refractivity contribution in [1.82, 2.24) is 0 Å². The van der Waals surface area contributed by atoms with Crippen LogP contribution in [0.2, 0.25) is 0 Å².